The minimum atomic E-state index is 1.09. The molecule has 0 N–H and O–H groups in total. The normalized spacial score (nSPS) is 11.3. The Morgan fingerprint density at radius 3 is 1.47 bits per heavy atom. The molecule has 0 aliphatic heterocycles. The van der Waals surface area contributed by atoms with Crippen molar-refractivity contribution in [2.45, 2.75) is 0 Å². The molecule has 55 heavy (non-hydrogen) atoms. The SMILES string of the molecule is c1ccc(-c2cccc(N(c3ccc(-c4ccccc4-c4ccccc4)cc3)c3c(-c4ccc5ccccc5c4)c4ccccc4c4ccccc34)c2)cc1. The summed E-state index contributed by atoms with van der Waals surface area (Å²) in [5.74, 6) is 0. The molecule has 0 aromatic heterocycles. The molecule has 0 spiro atoms. The molecule has 10 aromatic rings. The Balaban J connectivity index is 1.26. The molecule has 0 atom stereocenters. The van der Waals surface area contributed by atoms with Gasteiger partial charge in [0.1, 0.15) is 0 Å². The summed E-state index contributed by atoms with van der Waals surface area (Å²) in [5.41, 5.74) is 12.9. The monoisotopic (exact) mass is 699 g/mol. The van der Waals surface area contributed by atoms with Crippen LogP contribution in [0.5, 0.6) is 0 Å². The van der Waals surface area contributed by atoms with Crippen LogP contribution in [0.3, 0.4) is 0 Å². The summed E-state index contributed by atoms with van der Waals surface area (Å²) in [6.07, 6.45) is 0. The van der Waals surface area contributed by atoms with E-state index in [1.807, 2.05) is 0 Å². The van der Waals surface area contributed by atoms with Crippen molar-refractivity contribution in [2.24, 2.45) is 0 Å². The molecule has 0 bridgehead atoms. The van der Waals surface area contributed by atoms with E-state index < -0.39 is 0 Å². The molecule has 0 saturated carbocycles. The van der Waals surface area contributed by atoms with E-state index >= 15 is 0 Å². The Morgan fingerprint density at radius 2 is 0.764 bits per heavy atom. The van der Waals surface area contributed by atoms with Crippen molar-refractivity contribution in [3.05, 3.63) is 224 Å². The maximum atomic E-state index is 2.48. The molecular weight excluding hydrogens is 663 g/mol. The van der Waals surface area contributed by atoms with Gasteiger partial charge in [-0.05, 0) is 96.2 Å². The molecule has 0 fully saturated rings. The average Bonchev–Trinajstić information content (AvgIpc) is 3.27. The van der Waals surface area contributed by atoms with Gasteiger partial charge in [0, 0.05) is 22.3 Å². The van der Waals surface area contributed by atoms with E-state index in [1.54, 1.807) is 0 Å². The van der Waals surface area contributed by atoms with Crippen molar-refractivity contribution in [3.8, 4) is 44.5 Å². The maximum absolute atomic E-state index is 2.48. The zero-order valence-electron chi connectivity index (χ0n) is 30.3. The fraction of sp³-hybridized carbons (Fsp3) is 0. The van der Waals surface area contributed by atoms with Gasteiger partial charge in [0.15, 0.2) is 0 Å². The molecule has 0 saturated heterocycles. The van der Waals surface area contributed by atoms with Gasteiger partial charge in [0.05, 0.1) is 5.69 Å². The summed E-state index contributed by atoms with van der Waals surface area (Å²) in [5, 5.41) is 7.36. The third-order valence-electron chi connectivity index (χ3n) is 10.8. The van der Waals surface area contributed by atoms with Crippen LogP contribution < -0.4 is 4.90 Å². The maximum Gasteiger partial charge on any atom is 0.0624 e. The highest BCUT2D eigenvalue weighted by Gasteiger charge is 2.24. The molecule has 10 rings (SSSR count). The molecule has 0 unspecified atom stereocenters. The number of hydrogen-bond acceptors (Lipinski definition) is 1. The van der Waals surface area contributed by atoms with E-state index in [-0.39, 0.29) is 0 Å². The van der Waals surface area contributed by atoms with E-state index in [0.29, 0.717) is 0 Å². The summed E-state index contributed by atoms with van der Waals surface area (Å²) in [6, 6.07) is 81.5. The summed E-state index contributed by atoms with van der Waals surface area (Å²) in [6.45, 7) is 0. The number of rotatable bonds is 7. The van der Waals surface area contributed by atoms with Crippen LogP contribution in [0, 0.1) is 0 Å². The van der Waals surface area contributed by atoms with Gasteiger partial charge in [-0.15, -0.1) is 0 Å². The summed E-state index contributed by atoms with van der Waals surface area (Å²) < 4.78 is 0. The fourth-order valence-electron chi connectivity index (χ4n) is 8.25. The third-order valence-corrected chi connectivity index (χ3v) is 10.8. The molecule has 258 valence electrons. The molecule has 0 aliphatic rings. The van der Waals surface area contributed by atoms with Gasteiger partial charge in [0.25, 0.3) is 0 Å². The van der Waals surface area contributed by atoms with Gasteiger partial charge < -0.3 is 4.90 Å². The molecule has 1 heteroatoms. The smallest absolute Gasteiger partial charge is 0.0624 e. The first-order chi connectivity index (χ1) is 27.3. The number of fused-ring (bicyclic) bond motifs is 4. The molecule has 0 heterocycles. The lowest BCUT2D eigenvalue weighted by molar-refractivity contribution is 1.30. The lowest BCUT2D eigenvalue weighted by atomic mass is 9.89. The van der Waals surface area contributed by atoms with Gasteiger partial charge in [-0.25, -0.2) is 0 Å². The van der Waals surface area contributed by atoms with Crippen molar-refractivity contribution in [1.29, 1.82) is 0 Å². The second kappa shape index (κ2) is 14.0. The van der Waals surface area contributed by atoms with Gasteiger partial charge in [0.2, 0.25) is 0 Å². The van der Waals surface area contributed by atoms with Gasteiger partial charge >= 0.3 is 0 Å². The summed E-state index contributed by atoms with van der Waals surface area (Å²) in [4.78, 5) is 2.48. The van der Waals surface area contributed by atoms with Crippen molar-refractivity contribution in [2.75, 3.05) is 4.90 Å². The average molecular weight is 700 g/mol. The van der Waals surface area contributed by atoms with Crippen LogP contribution in [0.2, 0.25) is 0 Å². The largest absolute Gasteiger partial charge is 0.309 e. The Kier molecular flexibility index (Phi) is 8.24. The van der Waals surface area contributed by atoms with Crippen LogP contribution in [0.25, 0.3) is 76.8 Å². The zero-order valence-corrected chi connectivity index (χ0v) is 30.3. The second-order valence-electron chi connectivity index (χ2n) is 14.1. The van der Waals surface area contributed by atoms with Gasteiger partial charge in [-0.3, -0.25) is 0 Å². The number of nitrogens with zero attached hydrogens (tertiary/aromatic N) is 1. The van der Waals surface area contributed by atoms with Crippen molar-refractivity contribution < 1.29 is 0 Å². The highest BCUT2D eigenvalue weighted by atomic mass is 15.1. The van der Waals surface area contributed by atoms with E-state index in [9.17, 15) is 0 Å². The van der Waals surface area contributed by atoms with E-state index in [1.165, 1.54) is 76.8 Å². The first-order valence-corrected chi connectivity index (χ1v) is 18.9. The van der Waals surface area contributed by atoms with Gasteiger partial charge in [-0.1, -0.05) is 194 Å². The third kappa shape index (κ3) is 5.93. The van der Waals surface area contributed by atoms with Crippen LogP contribution in [-0.2, 0) is 0 Å². The standard InChI is InChI=1S/C54H37N/c1-3-16-38(17-4-1)43-22-15-23-46(37-43)55(45-34-32-41(33-35-45)48-25-10-9-24-47(48)40-19-5-2-6-20-40)54-52-29-14-12-27-50(52)49-26-11-13-28-51(49)53(54)44-31-30-39-18-7-8-21-42(39)36-44/h1-37H. The van der Waals surface area contributed by atoms with Crippen LogP contribution in [0.15, 0.2) is 224 Å². The lowest BCUT2D eigenvalue weighted by Gasteiger charge is -2.31. The van der Waals surface area contributed by atoms with Crippen molar-refractivity contribution >= 4 is 49.4 Å². The van der Waals surface area contributed by atoms with Crippen LogP contribution in [0.1, 0.15) is 0 Å². The molecule has 0 amide bonds. The van der Waals surface area contributed by atoms with Crippen LogP contribution in [-0.4, -0.2) is 0 Å². The topological polar surface area (TPSA) is 3.24 Å². The Labute approximate surface area is 322 Å². The van der Waals surface area contributed by atoms with Crippen molar-refractivity contribution in [1.82, 2.24) is 0 Å². The van der Waals surface area contributed by atoms with Crippen LogP contribution in [0.4, 0.5) is 17.1 Å². The van der Waals surface area contributed by atoms with E-state index in [4.69, 9.17) is 0 Å². The number of hydrogen-bond donors (Lipinski definition) is 0. The highest BCUT2D eigenvalue weighted by Crippen LogP contribution is 2.50. The van der Waals surface area contributed by atoms with Crippen LogP contribution >= 0.6 is 0 Å². The van der Waals surface area contributed by atoms with E-state index in [2.05, 4.69) is 229 Å². The Hall–Kier alpha value is -7.22. The first-order valence-electron chi connectivity index (χ1n) is 18.9. The lowest BCUT2D eigenvalue weighted by Crippen LogP contribution is -2.12. The molecule has 10 aromatic carbocycles. The van der Waals surface area contributed by atoms with Gasteiger partial charge in [-0.2, -0.15) is 0 Å². The number of anilines is 3. The minimum Gasteiger partial charge on any atom is -0.309 e. The fourth-order valence-corrected chi connectivity index (χ4v) is 8.25. The molecule has 1 nitrogen and oxygen atoms in total. The van der Waals surface area contributed by atoms with Crippen molar-refractivity contribution in [3.63, 3.8) is 0 Å². The number of benzene rings is 10. The zero-order chi connectivity index (χ0) is 36.6. The Bertz CT molecular complexity index is 2960. The molecular formula is C54H37N. The summed E-state index contributed by atoms with van der Waals surface area (Å²) in [7, 11) is 0. The molecule has 0 radical (unpaired) electrons. The first kappa shape index (κ1) is 32.4. The summed E-state index contributed by atoms with van der Waals surface area (Å²) >= 11 is 0. The quantitative estimate of drug-likeness (QED) is 0.150. The predicted molar refractivity (Wildman–Crippen MR) is 235 cm³/mol. The minimum absolute atomic E-state index is 1.09. The Morgan fingerprint density at radius 1 is 0.255 bits per heavy atom. The van der Waals surface area contributed by atoms with E-state index in [0.717, 1.165) is 17.1 Å². The highest BCUT2D eigenvalue weighted by molar-refractivity contribution is 6.22. The second-order valence-corrected chi connectivity index (χ2v) is 14.1. The molecule has 0 aliphatic carbocycles. The predicted octanol–water partition coefficient (Wildman–Crippen LogP) is 15.3.